The Morgan fingerprint density at radius 3 is 1.29 bits per heavy atom. The quantitative estimate of drug-likeness (QED) is 0.0748. The van der Waals surface area contributed by atoms with E-state index in [1.54, 1.807) is 57.9 Å². The van der Waals surface area contributed by atoms with Gasteiger partial charge >= 0.3 is 0 Å². The van der Waals surface area contributed by atoms with Crippen LogP contribution in [0.1, 0.15) is 95.1 Å². The van der Waals surface area contributed by atoms with E-state index in [9.17, 15) is 19.2 Å². The maximum atomic E-state index is 13.1. The van der Waals surface area contributed by atoms with E-state index in [0.29, 0.717) is 60.1 Å². The average molecular weight is 661 g/mol. The summed E-state index contributed by atoms with van der Waals surface area (Å²) in [6.45, 7) is 10.4. The molecule has 0 aliphatic heterocycles. The third-order valence-electron chi connectivity index (χ3n) is 7.32. The minimum absolute atomic E-state index is 0.0673. The summed E-state index contributed by atoms with van der Waals surface area (Å²) in [6.07, 6.45) is 6.98. The second-order valence-electron chi connectivity index (χ2n) is 11.2. The zero-order valence-corrected chi connectivity index (χ0v) is 28.2. The van der Waals surface area contributed by atoms with Crippen LogP contribution in [0.5, 0.6) is 0 Å². The van der Waals surface area contributed by atoms with Crippen LogP contribution < -0.4 is 31.9 Å². The molecule has 0 bridgehead atoms. The van der Waals surface area contributed by atoms with Crippen molar-refractivity contribution in [1.82, 2.24) is 30.4 Å². The molecule has 1 aromatic carbocycles. The summed E-state index contributed by atoms with van der Waals surface area (Å²) in [5, 5.41) is 32.5. The molecule has 3 rings (SSSR count). The Labute approximate surface area is 281 Å². The first-order valence-corrected chi connectivity index (χ1v) is 16.4. The maximum Gasteiger partial charge on any atom is 0.268 e. The molecule has 0 aliphatic carbocycles. The maximum absolute atomic E-state index is 13.1. The number of hydrogen-bond donors (Lipinski definition) is 8. The van der Waals surface area contributed by atoms with Gasteiger partial charge in [0.05, 0.1) is 24.5 Å². The fourth-order valence-electron chi connectivity index (χ4n) is 4.82. The molecule has 0 saturated carbocycles. The van der Waals surface area contributed by atoms with Gasteiger partial charge in [0.25, 0.3) is 23.6 Å². The van der Waals surface area contributed by atoms with Crippen molar-refractivity contribution in [2.45, 2.75) is 66.5 Å². The molecule has 2 aromatic heterocycles. The summed E-state index contributed by atoms with van der Waals surface area (Å²) in [5.74, 6) is -1.08. The van der Waals surface area contributed by atoms with Crippen molar-refractivity contribution in [2.75, 3.05) is 36.8 Å². The molecule has 0 radical (unpaired) electrons. The lowest BCUT2D eigenvalue weighted by atomic mass is 10.1. The summed E-state index contributed by atoms with van der Waals surface area (Å²) < 4.78 is 3.58. The number of aromatic nitrogens is 2. The number of anilines is 2. The van der Waals surface area contributed by atoms with Crippen LogP contribution in [0.4, 0.5) is 11.4 Å². The Morgan fingerprint density at radius 2 is 0.958 bits per heavy atom. The van der Waals surface area contributed by atoms with Gasteiger partial charge in [-0.3, -0.25) is 30.0 Å². The number of hydrogen-bond acceptors (Lipinski definition) is 6. The highest BCUT2D eigenvalue weighted by Crippen LogP contribution is 2.19. The Bertz CT molecular complexity index is 1470. The second kappa shape index (κ2) is 18.7. The molecule has 0 fully saturated rings. The SMILES string of the molecule is CCCCn1cc(NC(=O)c2ccc(C(=O)Nc3cc(C(=O)NCC(=N)NCC)n(CCCC)c3)cc2)cc1C(=O)NCC(=N)NCC. The lowest BCUT2D eigenvalue weighted by Gasteiger charge is -2.10. The van der Waals surface area contributed by atoms with Crippen LogP contribution in [0.2, 0.25) is 0 Å². The van der Waals surface area contributed by atoms with E-state index in [-0.39, 0.29) is 36.6 Å². The third kappa shape index (κ3) is 10.9. The topological polar surface area (TPSA) is 198 Å². The molecule has 14 heteroatoms. The molecule has 3 aromatic rings. The highest BCUT2D eigenvalue weighted by molar-refractivity contribution is 6.08. The average Bonchev–Trinajstić information content (AvgIpc) is 3.67. The van der Waals surface area contributed by atoms with Gasteiger partial charge in [0.2, 0.25) is 0 Å². The Morgan fingerprint density at radius 1 is 0.583 bits per heavy atom. The number of nitrogens with one attached hydrogen (secondary N) is 8. The molecule has 0 unspecified atom stereocenters. The van der Waals surface area contributed by atoms with E-state index in [4.69, 9.17) is 10.8 Å². The lowest BCUT2D eigenvalue weighted by molar-refractivity contribution is 0.0941. The van der Waals surface area contributed by atoms with Crippen molar-refractivity contribution in [2.24, 2.45) is 0 Å². The standard InChI is InChI=1S/C34H48N10O4/c1-5-9-15-43-21-25(17-27(43)33(47)39-19-29(35)37-7-3)41-31(45)23-11-13-24(14-12-23)32(46)42-26-18-28(44(22-26)16-10-6-2)34(48)40-20-30(36)38-8-4/h11-14,17-18,21-22H,5-10,15-16,19-20H2,1-4H3,(H2,35,37)(H2,36,38)(H,39,47)(H,40,48)(H,41,45)(H,42,46). The number of carbonyl (C=O) groups excluding carboxylic acids is 4. The molecule has 14 nitrogen and oxygen atoms in total. The molecule has 0 spiro atoms. The van der Waals surface area contributed by atoms with Crippen molar-refractivity contribution in [3.63, 3.8) is 0 Å². The van der Waals surface area contributed by atoms with E-state index in [1.807, 2.05) is 13.8 Å². The number of likely N-dealkylation sites (N-methyl/N-ethyl adjacent to an activating group) is 2. The Hall–Kier alpha value is -5.40. The van der Waals surface area contributed by atoms with Crippen molar-refractivity contribution >= 4 is 46.7 Å². The molecular weight excluding hydrogens is 612 g/mol. The number of amides is 4. The fourth-order valence-corrected chi connectivity index (χ4v) is 4.82. The molecule has 4 amide bonds. The first kappa shape index (κ1) is 37.1. The second-order valence-corrected chi connectivity index (χ2v) is 11.2. The molecule has 0 aliphatic rings. The van der Waals surface area contributed by atoms with Crippen LogP contribution in [-0.2, 0) is 13.1 Å². The third-order valence-corrected chi connectivity index (χ3v) is 7.32. The monoisotopic (exact) mass is 660 g/mol. The molecule has 8 N–H and O–H groups in total. The van der Waals surface area contributed by atoms with E-state index in [0.717, 1.165) is 25.7 Å². The number of unbranched alkanes of at least 4 members (excludes halogenated alkanes) is 2. The molecule has 0 atom stereocenters. The molecular formula is C34H48N10O4. The van der Waals surface area contributed by atoms with Gasteiger partial charge in [-0.2, -0.15) is 0 Å². The Balaban J connectivity index is 1.67. The summed E-state index contributed by atoms with van der Waals surface area (Å²) in [4.78, 5) is 51.9. The van der Waals surface area contributed by atoms with Crippen LogP contribution in [0.15, 0.2) is 48.8 Å². The van der Waals surface area contributed by atoms with Crippen molar-refractivity contribution in [3.05, 3.63) is 71.3 Å². The zero-order valence-electron chi connectivity index (χ0n) is 28.2. The zero-order chi connectivity index (χ0) is 35.1. The number of benzene rings is 1. The number of rotatable bonds is 18. The minimum atomic E-state index is -0.402. The van der Waals surface area contributed by atoms with Gasteiger partial charge in [-0.1, -0.05) is 26.7 Å². The van der Waals surface area contributed by atoms with E-state index >= 15 is 0 Å². The predicted molar refractivity (Wildman–Crippen MR) is 189 cm³/mol. The first-order chi connectivity index (χ1) is 23.1. The first-order valence-electron chi connectivity index (χ1n) is 16.4. The number of carbonyl (C=O) groups is 4. The van der Waals surface area contributed by atoms with Crippen molar-refractivity contribution in [1.29, 1.82) is 10.8 Å². The normalized spacial score (nSPS) is 10.6. The molecule has 48 heavy (non-hydrogen) atoms. The van der Waals surface area contributed by atoms with Crippen LogP contribution in [0.3, 0.4) is 0 Å². The van der Waals surface area contributed by atoms with Gasteiger partial charge in [0.15, 0.2) is 0 Å². The van der Waals surface area contributed by atoms with E-state index < -0.39 is 11.8 Å². The number of amidine groups is 2. The lowest BCUT2D eigenvalue weighted by Crippen LogP contribution is -2.37. The summed E-state index contributed by atoms with van der Waals surface area (Å²) in [7, 11) is 0. The van der Waals surface area contributed by atoms with Crippen molar-refractivity contribution in [3.8, 4) is 0 Å². The molecule has 258 valence electrons. The highest BCUT2D eigenvalue weighted by atomic mass is 16.2. The number of aryl methyl sites for hydroxylation is 2. The van der Waals surface area contributed by atoms with Crippen LogP contribution in [0.25, 0.3) is 0 Å². The van der Waals surface area contributed by atoms with Crippen LogP contribution in [-0.4, -0.2) is 70.6 Å². The Kier molecular flexibility index (Phi) is 14.4. The summed E-state index contributed by atoms with van der Waals surface area (Å²) >= 11 is 0. The smallest absolute Gasteiger partial charge is 0.268 e. The number of nitrogens with zero attached hydrogens (tertiary/aromatic N) is 2. The summed E-state index contributed by atoms with van der Waals surface area (Å²) in [6, 6.07) is 9.39. The van der Waals surface area contributed by atoms with Gasteiger partial charge in [0.1, 0.15) is 23.1 Å². The largest absolute Gasteiger partial charge is 0.373 e. The fraction of sp³-hybridized carbons (Fsp3) is 0.412. The van der Waals surface area contributed by atoms with Crippen molar-refractivity contribution < 1.29 is 19.2 Å². The summed E-state index contributed by atoms with van der Waals surface area (Å²) in [5.41, 5.74) is 2.32. The van der Waals surface area contributed by atoms with E-state index in [1.165, 1.54) is 0 Å². The van der Waals surface area contributed by atoms with Gasteiger partial charge in [0, 0.05) is 49.7 Å². The van der Waals surface area contributed by atoms with Crippen LogP contribution in [0, 0.1) is 10.8 Å². The van der Waals surface area contributed by atoms with Gasteiger partial charge in [-0.15, -0.1) is 0 Å². The molecule has 2 heterocycles. The van der Waals surface area contributed by atoms with Gasteiger partial charge < -0.3 is 41.0 Å². The van der Waals surface area contributed by atoms with E-state index in [2.05, 4.69) is 45.7 Å². The highest BCUT2D eigenvalue weighted by Gasteiger charge is 2.18. The van der Waals surface area contributed by atoms with Gasteiger partial charge in [-0.25, -0.2) is 0 Å². The predicted octanol–water partition coefficient (Wildman–Crippen LogP) is 4.03. The minimum Gasteiger partial charge on any atom is -0.373 e. The molecule has 0 saturated heterocycles. The van der Waals surface area contributed by atoms with Crippen LogP contribution >= 0.6 is 0 Å². The van der Waals surface area contributed by atoms with Gasteiger partial charge in [-0.05, 0) is 63.1 Å².